The minimum atomic E-state index is -2.45. The van der Waals surface area contributed by atoms with Gasteiger partial charge in [0, 0.05) is 27.2 Å². The molecule has 26 N–H and O–H groups in total. The summed E-state index contributed by atoms with van der Waals surface area (Å²) in [4.78, 5) is 53.3. The molecule has 144 heavy (non-hydrogen) atoms. The molecule has 16 unspecified atom stereocenters. The van der Waals surface area contributed by atoms with Crippen molar-refractivity contribution in [2.45, 2.75) is 517 Å². The Kier molecular flexibility index (Phi) is 57.3. The fourth-order valence-electron chi connectivity index (χ4n) is 19.5. The Morgan fingerprint density at radius 3 is 1.01 bits per heavy atom. The van der Waals surface area contributed by atoms with Crippen molar-refractivity contribution in [1.82, 2.24) is 21.3 Å². The second-order valence-corrected chi connectivity index (χ2v) is 39.5. The smallest absolute Gasteiger partial charge is 0.220 e. The van der Waals surface area contributed by atoms with Crippen LogP contribution in [0.4, 0.5) is 0 Å². The second-order valence-electron chi connectivity index (χ2n) is 39.5. The maximum Gasteiger partial charge on any atom is 0.220 e. The van der Waals surface area contributed by atoms with Gasteiger partial charge in [-0.05, 0) is 51.9 Å². The molecule has 0 bridgehead atoms. The van der Waals surface area contributed by atoms with Crippen LogP contribution in [0.15, 0.2) is 24.3 Å². The van der Waals surface area contributed by atoms with Gasteiger partial charge in [0.05, 0.1) is 71.1 Å². The van der Waals surface area contributed by atoms with Crippen molar-refractivity contribution in [3.8, 4) is 0 Å². The molecular weight excluding hydrogens is 1910 g/mol. The summed E-state index contributed by atoms with van der Waals surface area (Å²) in [5, 5.41) is 261. The Bertz CT molecular complexity index is 3580. The van der Waals surface area contributed by atoms with Gasteiger partial charge in [0.1, 0.15) is 189 Å². The summed E-state index contributed by atoms with van der Waals surface area (Å²) < 4.78 is 97.3. The molecule has 0 aromatic heterocycles. The van der Waals surface area contributed by atoms with Crippen molar-refractivity contribution in [2.24, 2.45) is 0 Å². The molecule has 0 spiro atoms. The summed E-state index contributed by atoms with van der Waals surface area (Å²) in [6.07, 6.45) is -30.7. The molecule has 46 nitrogen and oxygen atoms in total. The van der Waals surface area contributed by atoms with Gasteiger partial charge in [-0.25, -0.2) is 0 Å². The van der Waals surface area contributed by atoms with Crippen molar-refractivity contribution in [1.29, 1.82) is 0 Å². The number of allylic oxidation sites excluding steroid dienone is 3. The Morgan fingerprint density at radius 1 is 0.285 bits per heavy atom. The number of aliphatic hydroxyl groups is 22. The van der Waals surface area contributed by atoms with Crippen molar-refractivity contribution < 1.29 is 207 Å². The normalized spacial score (nSPS) is 38.1. The van der Waals surface area contributed by atoms with Crippen LogP contribution in [-0.2, 0) is 95.0 Å². The van der Waals surface area contributed by atoms with Crippen LogP contribution in [0.3, 0.4) is 0 Å². The molecule has 8 aliphatic rings. The lowest BCUT2D eigenvalue weighted by Gasteiger charge is -2.52. The van der Waals surface area contributed by atoms with Crippen LogP contribution in [0.1, 0.15) is 260 Å². The molecule has 0 saturated carbocycles. The minimum absolute atomic E-state index is 0.142. The lowest BCUT2D eigenvalue weighted by atomic mass is 9.93. The lowest BCUT2D eigenvalue weighted by Crippen LogP contribution is -2.71. The third-order valence-electron chi connectivity index (χ3n) is 28.0. The number of hydrogen-bond donors (Lipinski definition) is 26. The highest BCUT2D eigenvalue weighted by Crippen LogP contribution is 2.41. The van der Waals surface area contributed by atoms with Gasteiger partial charge in [0.2, 0.25) is 23.6 Å². The molecule has 42 atom stereocenters. The molecule has 8 heterocycles. The first-order valence-corrected chi connectivity index (χ1v) is 52.5. The lowest BCUT2D eigenvalue weighted by molar-refractivity contribution is -0.401. The first-order valence-electron chi connectivity index (χ1n) is 52.5. The SMILES string of the molecule is CCCCCCCC/C=C\CCCCCCCCCCCCCCCC(=O)N[C@@H](CO[C@@H]1OC(CO)[C@@H](O[C@@H]2OC(CO)[C@H](O)[C@H](O[C@@H]3OC(CO)[C@@H](O)[C@H](O[C@@H]4OC(CO)[C@H](O)[C@H](O[C@@H]5OC(CO)[C@@H](O)[C@H](O[C@@H]6OC(CO)[C@H](O)[C@H](O[C@H]7OC(CO)[C@H](O)[C@H](O)C7NC(C)=O)C6O[C@H]6OC(C)[C@@H](O)C(O)[C@@H]6O)C5NC(C)=O)C4O)C3NC(C)=O)C2O)[C@H](O)C1O)[C@H](O)/C=C/CCCCCCCCCCCCC. The van der Waals surface area contributed by atoms with Crippen molar-refractivity contribution in [2.75, 3.05) is 52.9 Å². The summed E-state index contributed by atoms with van der Waals surface area (Å²) >= 11 is 0. The fraction of sp³-hybridized carbons (Fsp3) is 0.918. The largest absolute Gasteiger partial charge is 0.394 e. The second kappa shape index (κ2) is 66.1. The third-order valence-corrected chi connectivity index (χ3v) is 28.0. The van der Waals surface area contributed by atoms with Crippen LogP contribution in [0, 0.1) is 0 Å². The molecule has 0 aromatic rings. The highest BCUT2D eigenvalue weighted by atomic mass is 16.8. The van der Waals surface area contributed by atoms with E-state index in [0.29, 0.717) is 12.8 Å². The highest BCUT2D eigenvalue weighted by Gasteiger charge is 2.62. The van der Waals surface area contributed by atoms with Gasteiger partial charge in [-0.15, -0.1) is 0 Å². The first-order chi connectivity index (χ1) is 69.1. The molecule has 0 radical (unpaired) electrons. The molecule has 838 valence electrons. The third kappa shape index (κ3) is 37.4. The first kappa shape index (κ1) is 125. The molecule has 8 rings (SSSR count). The summed E-state index contributed by atoms with van der Waals surface area (Å²) in [5.74, 6) is -3.15. The number of aliphatic hydroxyl groups excluding tert-OH is 22. The van der Waals surface area contributed by atoms with Crippen LogP contribution < -0.4 is 21.3 Å². The summed E-state index contributed by atoms with van der Waals surface area (Å²) in [7, 11) is 0. The van der Waals surface area contributed by atoms with Crippen molar-refractivity contribution in [3.05, 3.63) is 24.3 Å². The Hall–Kier alpha value is -4.16. The minimum Gasteiger partial charge on any atom is -0.394 e. The van der Waals surface area contributed by atoms with Crippen LogP contribution in [0.2, 0.25) is 0 Å². The zero-order valence-electron chi connectivity index (χ0n) is 84.3. The fourth-order valence-corrected chi connectivity index (χ4v) is 19.5. The number of unbranched alkanes of at least 4 members (excludes halogenated alkanes) is 30. The van der Waals surface area contributed by atoms with Crippen LogP contribution in [0.25, 0.3) is 0 Å². The molecule has 0 aliphatic carbocycles. The Morgan fingerprint density at radius 2 is 0.590 bits per heavy atom. The van der Waals surface area contributed by atoms with Gasteiger partial charge in [0.15, 0.2) is 50.3 Å². The standard InChI is InChI=1S/C98H174N4O42/c1-7-9-11-13-15-17-19-21-22-23-24-25-26-27-28-29-30-32-34-36-38-40-42-44-66(114)102-57(58(113)43-41-39-37-35-33-31-20-18-16-14-12-10-8-2)52-129-94-81(126)79(124)84(65(51-109)137-94)138-96-82(127)87(74(119)62(48-106)134-96)141-92-68(100-55(5)111)85(72(117)60(46-104)132-92)139-97-83(128)88(75(120)63(49-107)135-97)142-93-69(101-56(6)112)86(73(118)61(47-105)133-93)140-98-90(144-95-80(125)78(123)70(115)53(3)130-95)89(76(121)64(50-108)136-98)143-91-67(99-54(4)110)77(122)71(116)59(45-103)131-91/h21-22,41,43,53,57-65,67-98,103-109,113,115-128H,7-20,23-40,42,44-52H2,1-6H3,(H,99,110)(H,100,111)(H,101,112)(H,102,114)/b22-21-,43-41+/t53?,57-,58+,59?,60?,61?,62?,63?,64?,65?,67?,68?,69?,70+,71-,72+,73+,74-,75-,76-,77+,78?,79+,80-,81?,82?,83?,84+,85+,86+,87-,88-,89-,90?,91+,92-,93-,94+,95+,96-,97-,98-/m0/s1. The van der Waals surface area contributed by atoms with Crippen LogP contribution >= 0.6 is 0 Å². The van der Waals surface area contributed by atoms with Gasteiger partial charge in [0.25, 0.3) is 0 Å². The zero-order chi connectivity index (χ0) is 105. The van der Waals surface area contributed by atoms with E-state index in [2.05, 4.69) is 47.3 Å². The Balaban J connectivity index is 0.939. The van der Waals surface area contributed by atoms with E-state index in [4.69, 9.17) is 75.8 Å². The molecule has 8 fully saturated rings. The zero-order valence-corrected chi connectivity index (χ0v) is 84.3. The highest BCUT2D eigenvalue weighted by molar-refractivity contribution is 5.76. The van der Waals surface area contributed by atoms with E-state index in [9.17, 15) is 132 Å². The van der Waals surface area contributed by atoms with E-state index in [0.717, 1.165) is 85.0 Å². The summed E-state index contributed by atoms with van der Waals surface area (Å²) in [6.45, 7) is 0.464. The molecule has 46 heteroatoms. The number of ether oxygens (including phenoxy) is 16. The van der Waals surface area contributed by atoms with Crippen molar-refractivity contribution >= 4 is 23.6 Å². The summed E-state index contributed by atoms with van der Waals surface area (Å²) in [6, 6.07) is -6.85. The number of amides is 4. The van der Waals surface area contributed by atoms with Crippen LogP contribution in [-0.4, -0.2) is 446 Å². The molecule has 8 aliphatic heterocycles. The van der Waals surface area contributed by atoms with E-state index in [1.165, 1.54) is 142 Å². The van der Waals surface area contributed by atoms with Crippen LogP contribution in [0.5, 0.6) is 0 Å². The molecular formula is C98H174N4O42. The number of hydrogen-bond acceptors (Lipinski definition) is 42. The average molecular weight is 2080 g/mol. The maximum atomic E-state index is 13.7. The van der Waals surface area contributed by atoms with Gasteiger partial charge in [-0.3, -0.25) is 19.2 Å². The molecule has 4 amide bonds. The predicted molar refractivity (Wildman–Crippen MR) is 506 cm³/mol. The number of carbonyl (C=O) groups is 4. The van der Waals surface area contributed by atoms with E-state index < -0.39 is 328 Å². The Labute approximate surface area is 843 Å². The number of carbonyl (C=O) groups excluding carboxylic acids is 4. The monoisotopic (exact) mass is 2080 g/mol. The molecule has 0 aromatic carbocycles. The van der Waals surface area contributed by atoms with E-state index in [-0.39, 0.29) is 12.3 Å². The predicted octanol–water partition coefficient (Wildman–Crippen LogP) is -2.71. The summed E-state index contributed by atoms with van der Waals surface area (Å²) in [5.41, 5.74) is 0. The molecule has 8 saturated heterocycles. The van der Waals surface area contributed by atoms with Gasteiger partial charge >= 0.3 is 0 Å². The van der Waals surface area contributed by atoms with E-state index >= 15 is 0 Å². The topological polar surface area (TPSA) is 709 Å². The van der Waals surface area contributed by atoms with Gasteiger partial charge < -0.3 is 209 Å². The van der Waals surface area contributed by atoms with Gasteiger partial charge in [-0.1, -0.05) is 205 Å². The maximum absolute atomic E-state index is 13.7. The average Bonchev–Trinajstić information content (AvgIpc) is 0.764. The number of rotatable bonds is 65. The van der Waals surface area contributed by atoms with Crippen molar-refractivity contribution in [3.63, 3.8) is 0 Å². The van der Waals surface area contributed by atoms with E-state index in [1.807, 2.05) is 6.08 Å². The quantitative estimate of drug-likeness (QED) is 0.0217. The van der Waals surface area contributed by atoms with Gasteiger partial charge in [-0.2, -0.15) is 0 Å². The van der Waals surface area contributed by atoms with E-state index in [1.54, 1.807) is 6.08 Å². The number of nitrogens with one attached hydrogen (secondary N) is 4.